The number of alkyl halides is 2. The van der Waals surface area contributed by atoms with E-state index in [1.807, 2.05) is 35.2 Å². The Bertz CT molecular complexity index is 777. The minimum atomic E-state index is -2.28. The van der Waals surface area contributed by atoms with Crippen LogP contribution in [0.25, 0.3) is 0 Å². The molecule has 2 aliphatic rings. The highest BCUT2D eigenvalue weighted by molar-refractivity contribution is 5.89. The number of fused-ring (bicyclic) bond motifs is 2. The maximum absolute atomic E-state index is 12.7. The van der Waals surface area contributed by atoms with Crippen LogP contribution in [0.2, 0.25) is 0 Å². The van der Waals surface area contributed by atoms with Gasteiger partial charge >= 0.3 is 0 Å². The number of aromatic nitrogens is 1. The summed E-state index contributed by atoms with van der Waals surface area (Å²) in [6.07, 6.45) is 0.196. The van der Waals surface area contributed by atoms with Gasteiger partial charge in [-0.15, -0.1) is 0 Å². The molecule has 1 aromatic carbocycles. The Morgan fingerprint density at radius 3 is 2.88 bits per heavy atom. The Labute approximate surface area is 137 Å². The normalized spacial score (nSPS) is 16.8. The summed E-state index contributed by atoms with van der Waals surface area (Å²) >= 11 is 0. The maximum Gasteiger partial charge on any atom is 0.244 e. The van der Waals surface area contributed by atoms with Crippen molar-refractivity contribution in [2.45, 2.75) is 13.0 Å². The summed E-state index contributed by atoms with van der Waals surface area (Å²) in [5.41, 5.74) is 3.26. The lowest BCUT2D eigenvalue weighted by Gasteiger charge is -2.41. The van der Waals surface area contributed by atoms with Gasteiger partial charge in [0.05, 0.1) is 23.8 Å². The van der Waals surface area contributed by atoms with Crippen molar-refractivity contribution < 1.29 is 13.6 Å². The maximum atomic E-state index is 12.7. The molecule has 24 heavy (non-hydrogen) atoms. The van der Waals surface area contributed by atoms with Crippen molar-refractivity contribution in [3.63, 3.8) is 0 Å². The van der Waals surface area contributed by atoms with Crippen molar-refractivity contribution >= 4 is 29.3 Å². The van der Waals surface area contributed by atoms with E-state index in [2.05, 4.69) is 10.3 Å². The molecule has 5 nitrogen and oxygen atoms in total. The second kappa shape index (κ2) is 5.74. The summed E-state index contributed by atoms with van der Waals surface area (Å²) in [4.78, 5) is 19.4. The molecule has 0 aliphatic carbocycles. The summed E-state index contributed by atoms with van der Waals surface area (Å²) in [5, 5.41) is 3.25. The Kier molecular flexibility index (Phi) is 3.55. The van der Waals surface area contributed by atoms with Crippen molar-refractivity contribution in [1.29, 1.82) is 0 Å². The van der Waals surface area contributed by atoms with Gasteiger partial charge in [0.25, 0.3) is 0 Å². The van der Waals surface area contributed by atoms with Crippen LogP contribution in [0.3, 0.4) is 0 Å². The number of carbonyl (C=O) groups is 1. The summed E-state index contributed by atoms with van der Waals surface area (Å²) < 4.78 is 25.3. The minimum absolute atomic E-state index is 0.340. The smallest absolute Gasteiger partial charge is 0.244 e. The first-order chi connectivity index (χ1) is 11.7. The second-order valence-corrected chi connectivity index (χ2v) is 6.07. The average Bonchev–Trinajstić information content (AvgIpc) is 2.69. The van der Waals surface area contributed by atoms with Gasteiger partial charge in [-0.3, -0.25) is 4.79 Å². The van der Waals surface area contributed by atoms with Crippen LogP contribution in [-0.2, 0) is 11.3 Å². The molecule has 1 saturated heterocycles. The highest BCUT2D eigenvalue weighted by Crippen LogP contribution is 2.38. The van der Waals surface area contributed by atoms with Gasteiger partial charge in [-0.25, -0.2) is 13.8 Å². The Morgan fingerprint density at radius 2 is 2.12 bits per heavy atom. The largest absolute Gasteiger partial charge is 0.370 e. The third-order valence-electron chi connectivity index (χ3n) is 4.53. The van der Waals surface area contributed by atoms with E-state index in [0.717, 1.165) is 34.9 Å². The molecule has 0 spiro atoms. The summed E-state index contributed by atoms with van der Waals surface area (Å²) in [5.74, 6) is 0.148. The first-order valence-electron chi connectivity index (χ1n) is 7.75. The number of rotatable bonds is 3. The van der Waals surface area contributed by atoms with E-state index >= 15 is 0 Å². The number of nitrogens with zero attached hydrogens (tertiary/aromatic N) is 3. The molecule has 7 heteroatoms. The zero-order chi connectivity index (χ0) is 16.7. The average molecular weight is 330 g/mol. The van der Waals surface area contributed by atoms with Crippen LogP contribution in [0.5, 0.6) is 0 Å². The number of nitrogens with one attached hydrogen (secondary N) is 1. The summed E-state index contributed by atoms with van der Waals surface area (Å²) in [7, 11) is 0. The van der Waals surface area contributed by atoms with E-state index in [1.54, 1.807) is 11.1 Å². The standard InChI is InChI=1S/C17H16F2N4O/c18-16(19)12-8-22(9-12)13-3-4-14-15(6-13)23(10-24)7-11-2-1-5-20-17(11)21-14/h1-6,10,12,16H,7-9H2,(H,20,21). The highest BCUT2D eigenvalue weighted by atomic mass is 19.3. The van der Waals surface area contributed by atoms with Crippen molar-refractivity contribution in [1.82, 2.24) is 4.98 Å². The van der Waals surface area contributed by atoms with Crippen LogP contribution in [0.4, 0.5) is 31.7 Å². The van der Waals surface area contributed by atoms with Crippen LogP contribution in [0.15, 0.2) is 36.5 Å². The molecule has 0 unspecified atom stereocenters. The fraction of sp³-hybridized carbons (Fsp3) is 0.294. The number of hydrogen-bond acceptors (Lipinski definition) is 4. The lowest BCUT2D eigenvalue weighted by Crippen LogP contribution is -2.50. The molecule has 0 atom stereocenters. The van der Waals surface area contributed by atoms with Crippen LogP contribution in [-0.4, -0.2) is 30.9 Å². The van der Waals surface area contributed by atoms with Crippen molar-refractivity contribution in [3.8, 4) is 0 Å². The van der Waals surface area contributed by atoms with Crippen molar-refractivity contribution in [2.24, 2.45) is 5.92 Å². The molecule has 0 bridgehead atoms. The van der Waals surface area contributed by atoms with Crippen LogP contribution in [0.1, 0.15) is 5.56 Å². The van der Waals surface area contributed by atoms with Gasteiger partial charge in [0.1, 0.15) is 5.82 Å². The number of amides is 1. The molecule has 4 rings (SSSR count). The third kappa shape index (κ3) is 2.46. The fourth-order valence-corrected chi connectivity index (χ4v) is 3.11. The first-order valence-corrected chi connectivity index (χ1v) is 7.75. The number of anilines is 4. The molecule has 2 aliphatic heterocycles. The lowest BCUT2D eigenvalue weighted by atomic mass is 9.99. The number of hydrogen-bond donors (Lipinski definition) is 1. The number of benzene rings is 1. The van der Waals surface area contributed by atoms with Crippen LogP contribution < -0.4 is 15.1 Å². The first kappa shape index (κ1) is 14.9. The SMILES string of the molecule is O=CN1Cc2cccnc2Nc2ccc(N3CC(C(F)F)C3)cc21. The Morgan fingerprint density at radius 1 is 1.29 bits per heavy atom. The molecule has 0 saturated carbocycles. The van der Waals surface area contributed by atoms with E-state index in [9.17, 15) is 13.6 Å². The van der Waals surface area contributed by atoms with E-state index < -0.39 is 12.3 Å². The molecule has 1 amide bonds. The van der Waals surface area contributed by atoms with Crippen LogP contribution >= 0.6 is 0 Å². The minimum Gasteiger partial charge on any atom is -0.370 e. The van der Waals surface area contributed by atoms with Gasteiger partial charge in [-0.1, -0.05) is 6.07 Å². The Hall–Kier alpha value is -2.70. The summed E-state index contributed by atoms with van der Waals surface area (Å²) in [6, 6.07) is 9.35. The van der Waals surface area contributed by atoms with Gasteiger partial charge in [0.15, 0.2) is 0 Å². The second-order valence-electron chi connectivity index (χ2n) is 6.07. The number of carbonyl (C=O) groups excluding carboxylic acids is 1. The predicted octanol–water partition coefficient (Wildman–Crippen LogP) is 3.00. The van der Waals surface area contributed by atoms with Gasteiger partial charge in [0, 0.05) is 30.5 Å². The topological polar surface area (TPSA) is 48.5 Å². The molecular weight excluding hydrogens is 314 g/mol. The third-order valence-corrected chi connectivity index (χ3v) is 4.53. The fourth-order valence-electron chi connectivity index (χ4n) is 3.11. The quantitative estimate of drug-likeness (QED) is 0.879. The monoisotopic (exact) mass is 330 g/mol. The van der Waals surface area contributed by atoms with Crippen molar-refractivity contribution in [3.05, 3.63) is 42.1 Å². The van der Waals surface area contributed by atoms with E-state index in [1.165, 1.54) is 0 Å². The zero-order valence-electron chi connectivity index (χ0n) is 12.8. The zero-order valence-corrected chi connectivity index (χ0v) is 12.8. The van der Waals surface area contributed by atoms with Crippen LogP contribution in [0, 0.1) is 5.92 Å². The molecule has 3 heterocycles. The molecular formula is C17H16F2N4O. The predicted molar refractivity (Wildman–Crippen MR) is 87.9 cm³/mol. The molecule has 1 aromatic heterocycles. The van der Waals surface area contributed by atoms with Gasteiger partial charge in [-0.05, 0) is 24.3 Å². The number of pyridine rings is 1. The van der Waals surface area contributed by atoms with Gasteiger partial charge in [0.2, 0.25) is 12.8 Å². The molecule has 2 aromatic rings. The van der Waals surface area contributed by atoms with E-state index in [4.69, 9.17) is 0 Å². The summed E-state index contributed by atoms with van der Waals surface area (Å²) in [6.45, 7) is 1.09. The molecule has 124 valence electrons. The number of halogens is 2. The molecule has 0 radical (unpaired) electrons. The highest BCUT2D eigenvalue weighted by Gasteiger charge is 2.34. The molecule has 1 fully saturated rings. The lowest BCUT2D eigenvalue weighted by molar-refractivity contribution is -0.107. The van der Waals surface area contributed by atoms with E-state index in [-0.39, 0.29) is 0 Å². The van der Waals surface area contributed by atoms with Gasteiger partial charge in [-0.2, -0.15) is 0 Å². The molecule has 1 N–H and O–H groups in total. The van der Waals surface area contributed by atoms with Gasteiger partial charge < -0.3 is 15.1 Å². The van der Waals surface area contributed by atoms with Crippen molar-refractivity contribution in [2.75, 3.05) is 28.2 Å². The Balaban J connectivity index is 1.65. The van der Waals surface area contributed by atoms with E-state index in [0.29, 0.717) is 19.6 Å².